The van der Waals surface area contributed by atoms with Gasteiger partial charge < -0.3 is 15.4 Å². The third kappa shape index (κ3) is 4.04. The van der Waals surface area contributed by atoms with E-state index in [1.54, 1.807) is 11.4 Å². The van der Waals surface area contributed by atoms with Crippen LogP contribution in [0.5, 0.6) is 0 Å². The maximum atomic E-state index is 11.6. The summed E-state index contributed by atoms with van der Waals surface area (Å²) >= 11 is 1.48. The van der Waals surface area contributed by atoms with E-state index in [1.165, 1.54) is 11.3 Å². The molecule has 2 heterocycles. The van der Waals surface area contributed by atoms with Gasteiger partial charge in [0.1, 0.15) is 0 Å². The summed E-state index contributed by atoms with van der Waals surface area (Å²) in [6.45, 7) is 4.46. The lowest BCUT2D eigenvalue weighted by Crippen LogP contribution is -2.48. The molecule has 0 saturated carbocycles. The molecule has 0 bridgehead atoms. The van der Waals surface area contributed by atoms with Gasteiger partial charge in [0.2, 0.25) is 5.91 Å². The Hall–Kier alpha value is -1.40. The van der Waals surface area contributed by atoms with Crippen LogP contribution in [0.4, 0.5) is 0 Å². The summed E-state index contributed by atoms with van der Waals surface area (Å²) in [6.07, 6.45) is 0.298. The van der Waals surface area contributed by atoms with E-state index >= 15 is 0 Å². The first-order valence-electron chi connectivity index (χ1n) is 6.24. The molecule has 1 saturated heterocycles. The zero-order valence-electron chi connectivity index (χ0n) is 10.9. The number of hydrogen-bond donors (Lipinski definition) is 2. The minimum absolute atomic E-state index is 0.0428. The fourth-order valence-corrected chi connectivity index (χ4v) is 2.37. The van der Waals surface area contributed by atoms with Crippen molar-refractivity contribution >= 4 is 23.2 Å². The average molecular weight is 282 g/mol. The van der Waals surface area contributed by atoms with Crippen LogP contribution in [0, 0.1) is 5.41 Å². The summed E-state index contributed by atoms with van der Waals surface area (Å²) < 4.78 is 5.12. The van der Waals surface area contributed by atoms with Crippen molar-refractivity contribution in [1.82, 2.24) is 10.6 Å². The highest BCUT2D eigenvalue weighted by molar-refractivity contribution is 7.08. The Morgan fingerprint density at radius 1 is 1.42 bits per heavy atom. The number of amides is 2. The summed E-state index contributed by atoms with van der Waals surface area (Å²) in [4.78, 5) is 23.2. The molecule has 0 atom stereocenters. The van der Waals surface area contributed by atoms with Crippen molar-refractivity contribution in [2.24, 2.45) is 5.41 Å². The first-order valence-corrected chi connectivity index (χ1v) is 7.18. The molecule has 0 radical (unpaired) electrons. The molecule has 0 aliphatic carbocycles. The third-order valence-electron chi connectivity index (χ3n) is 3.03. The van der Waals surface area contributed by atoms with Crippen LogP contribution in [0.3, 0.4) is 0 Å². The molecular weight excluding hydrogens is 264 g/mol. The van der Waals surface area contributed by atoms with Crippen LogP contribution < -0.4 is 10.6 Å². The topological polar surface area (TPSA) is 67.4 Å². The molecule has 5 nitrogen and oxygen atoms in total. The maximum Gasteiger partial charge on any atom is 0.252 e. The lowest BCUT2D eigenvalue weighted by atomic mass is 9.89. The molecule has 2 amide bonds. The largest absolute Gasteiger partial charge is 0.380 e. The van der Waals surface area contributed by atoms with Crippen LogP contribution in [-0.2, 0) is 9.53 Å². The van der Waals surface area contributed by atoms with Gasteiger partial charge >= 0.3 is 0 Å². The molecule has 1 aliphatic heterocycles. The van der Waals surface area contributed by atoms with Gasteiger partial charge in [0, 0.05) is 35.9 Å². The molecule has 2 rings (SSSR count). The number of carbonyl (C=O) groups is 2. The molecule has 19 heavy (non-hydrogen) atoms. The molecule has 0 spiro atoms. The number of thiophene rings is 1. The van der Waals surface area contributed by atoms with E-state index in [9.17, 15) is 9.59 Å². The average Bonchev–Trinajstić information content (AvgIpc) is 2.87. The van der Waals surface area contributed by atoms with Crippen LogP contribution in [0.15, 0.2) is 16.8 Å². The highest BCUT2D eigenvalue weighted by Crippen LogP contribution is 2.24. The van der Waals surface area contributed by atoms with Gasteiger partial charge in [0.05, 0.1) is 13.2 Å². The quantitative estimate of drug-likeness (QED) is 0.818. The van der Waals surface area contributed by atoms with Gasteiger partial charge in [0.25, 0.3) is 5.91 Å². The minimum atomic E-state index is -0.131. The van der Waals surface area contributed by atoms with Crippen molar-refractivity contribution < 1.29 is 14.3 Å². The van der Waals surface area contributed by atoms with Crippen molar-refractivity contribution in [3.8, 4) is 0 Å². The normalized spacial score (nSPS) is 16.5. The zero-order chi connectivity index (χ0) is 13.7. The number of rotatable bonds is 6. The Bertz CT molecular complexity index is 441. The van der Waals surface area contributed by atoms with Crippen LogP contribution in [-0.4, -0.2) is 38.1 Å². The van der Waals surface area contributed by atoms with Crippen molar-refractivity contribution in [1.29, 1.82) is 0 Å². The zero-order valence-corrected chi connectivity index (χ0v) is 11.7. The van der Waals surface area contributed by atoms with Gasteiger partial charge in [-0.2, -0.15) is 11.3 Å². The molecule has 2 N–H and O–H groups in total. The highest BCUT2D eigenvalue weighted by Gasteiger charge is 2.33. The fraction of sp³-hybridized carbons (Fsp3) is 0.538. The second kappa shape index (κ2) is 6.16. The summed E-state index contributed by atoms with van der Waals surface area (Å²) in [7, 11) is 0. The van der Waals surface area contributed by atoms with E-state index in [-0.39, 0.29) is 17.2 Å². The van der Waals surface area contributed by atoms with E-state index < -0.39 is 0 Å². The Morgan fingerprint density at radius 2 is 2.21 bits per heavy atom. The SMILES string of the molecule is CC1(CNC(=O)CCNC(=O)c2ccsc2)COC1. The lowest BCUT2D eigenvalue weighted by molar-refractivity contribution is -0.126. The van der Waals surface area contributed by atoms with Crippen molar-refractivity contribution in [2.75, 3.05) is 26.3 Å². The Labute approximate surface area is 116 Å². The standard InChI is InChI=1S/C13H18N2O3S/c1-13(8-18-9-13)7-15-11(16)2-4-14-12(17)10-3-5-19-6-10/h3,5-6H,2,4,7-9H2,1H3,(H,14,17)(H,15,16). The van der Waals surface area contributed by atoms with Crippen LogP contribution >= 0.6 is 11.3 Å². The number of carbonyl (C=O) groups excluding carboxylic acids is 2. The molecular formula is C13H18N2O3S. The summed E-state index contributed by atoms with van der Waals surface area (Å²) in [5, 5.41) is 9.22. The number of ether oxygens (including phenoxy) is 1. The van der Waals surface area contributed by atoms with Crippen LogP contribution in [0.25, 0.3) is 0 Å². The monoisotopic (exact) mass is 282 g/mol. The molecule has 1 aromatic heterocycles. The van der Waals surface area contributed by atoms with Crippen LogP contribution in [0.2, 0.25) is 0 Å². The highest BCUT2D eigenvalue weighted by atomic mass is 32.1. The predicted molar refractivity (Wildman–Crippen MR) is 73.2 cm³/mol. The molecule has 1 aliphatic rings. The molecule has 1 aromatic rings. The van der Waals surface area contributed by atoms with Crippen molar-refractivity contribution in [3.05, 3.63) is 22.4 Å². The van der Waals surface area contributed by atoms with Crippen LogP contribution in [0.1, 0.15) is 23.7 Å². The molecule has 1 fully saturated rings. The maximum absolute atomic E-state index is 11.6. The second-order valence-electron chi connectivity index (χ2n) is 5.10. The first kappa shape index (κ1) is 14.0. The fourth-order valence-electron chi connectivity index (χ4n) is 1.74. The van der Waals surface area contributed by atoms with Crippen molar-refractivity contribution in [2.45, 2.75) is 13.3 Å². The van der Waals surface area contributed by atoms with Gasteiger partial charge in [-0.15, -0.1) is 0 Å². The third-order valence-corrected chi connectivity index (χ3v) is 3.72. The van der Waals surface area contributed by atoms with Crippen molar-refractivity contribution in [3.63, 3.8) is 0 Å². The predicted octanol–water partition coefficient (Wildman–Crippen LogP) is 1.02. The van der Waals surface area contributed by atoms with Gasteiger partial charge in [0.15, 0.2) is 0 Å². The Morgan fingerprint density at radius 3 is 2.79 bits per heavy atom. The molecule has 0 unspecified atom stereocenters. The Balaban J connectivity index is 1.60. The van der Waals surface area contributed by atoms with E-state index in [0.717, 1.165) is 0 Å². The second-order valence-corrected chi connectivity index (χ2v) is 5.88. The minimum Gasteiger partial charge on any atom is -0.380 e. The lowest BCUT2D eigenvalue weighted by Gasteiger charge is -2.38. The molecule has 6 heteroatoms. The number of nitrogens with one attached hydrogen (secondary N) is 2. The number of hydrogen-bond acceptors (Lipinski definition) is 4. The molecule has 104 valence electrons. The first-order chi connectivity index (χ1) is 9.09. The van der Waals surface area contributed by atoms with E-state index in [4.69, 9.17) is 4.74 Å². The van der Waals surface area contributed by atoms with E-state index in [0.29, 0.717) is 38.3 Å². The van der Waals surface area contributed by atoms with Gasteiger partial charge in [-0.1, -0.05) is 6.92 Å². The van der Waals surface area contributed by atoms with E-state index in [1.807, 2.05) is 5.38 Å². The van der Waals surface area contributed by atoms with Gasteiger partial charge in [-0.25, -0.2) is 0 Å². The summed E-state index contributed by atoms with van der Waals surface area (Å²) in [5.41, 5.74) is 0.722. The Kier molecular flexibility index (Phi) is 4.55. The van der Waals surface area contributed by atoms with Gasteiger partial charge in [-0.3, -0.25) is 9.59 Å². The van der Waals surface area contributed by atoms with Gasteiger partial charge in [-0.05, 0) is 11.4 Å². The summed E-state index contributed by atoms with van der Waals surface area (Å²) in [5.74, 6) is -0.174. The van der Waals surface area contributed by atoms with E-state index in [2.05, 4.69) is 17.6 Å². The smallest absolute Gasteiger partial charge is 0.252 e. The molecule has 0 aromatic carbocycles. The summed E-state index contributed by atoms with van der Waals surface area (Å²) in [6, 6.07) is 1.76.